The average Bonchev–Trinajstić information content (AvgIpc) is 3.21. The van der Waals surface area contributed by atoms with Crippen molar-refractivity contribution in [3.63, 3.8) is 0 Å². The third-order valence-electron chi connectivity index (χ3n) is 9.13. The SMILES string of the molecule is CC(C)C(NC(=O)C1CC(F)(F)C1)C(=O)N1C[C@H]2[C@@H]([C@H]1C(=O)NC(C#N)C[C@@H]1Oc3ccc(F)cc3NC1=O)C2(C)C. The van der Waals surface area contributed by atoms with E-state index in [2.05, 4.69) is 16.0 Å². The predicted octanol–water partition coefficient (Wildman–Crippen LogP) is 2.59. The maximum Gasteiger partial charge on any atom is 0.265 e. The number of rotatable bonds is 8. The molecule has 0 spiro atoms. The van der Waals surface area contributed by atoms with Crippen molar-refractivity contribution < 1.29 is 37.1 Å². The topological polar surface area (TPSA) is 141 Å². The van der Waals surface area contributed by atoms with Crippen LogP contribution in [0.4, 0.5) is 18.9 Å². The monoisotopic (exact) mass is 589 g/mol. The second kappa shape index (κ2) is 10.5. The molecule has 4 amide bonds. The molecule has 6 atom stereocenters. The molecule has 5 rings (SSSR count). The van der Waals surface area contributed by atoms with Gasteiger partial charge in [-0.2, -0.15) is 5.26 Å². The summed E-state index contributed by atoms with van der Waals surface area (Å²) in [4.78, 5) is 54.0. The molecule has 13 heteroatoms. The lowest BCUT2D eigenvalue weighted by Crippen LogP contribution is -2.59. The van der Waals surface area contributed by atoms with E-state index in [-0.39, 0.29) is 47.6 Å². The van der Waals surface area contributed by atoms with E-state index in [4.69, 9.17) is 4.74 Å². The van der Waals surface area contributed by atoms with Gasteiger partial charge in [-0.3, -0.25) is 19.2 Å². The van der Waals surface area contributed by atoms with Crippen LogP contribution in [0.3, 0.4) is 0 Å². The van der Waals surface area contributed by atoms with Crippen LogP contribution in [-0.4, -0.2) is 65.2 Å². The predicted molar refractivity (Wildman–Crippen MR) is 142 cm³/mol. The molecule has 2 saturated carbocycles. The van der Waals surface area contributed by atoms with E-state index in [1.165, 1.54) is 17.0 Å². The van der Waals surface area contributed by atoms with Gasteiger partial charge in [0.05, 0.1) is 11.8 Å². The smallest absolute Gasteiger partial charge is 0.265 e. The Morgan fingerprint density at radius 1 is 1.19 bits per heavy atom. The van der Waals surface area contributed by atoms with E-state index in [0.717, 1.165) is 6.07 Å². The molecule has 0 aromatic heterocycles. The lowest BCUT2D eigenvalue weighted by molar-refractivity contribution is -0.154. The van der Waals surface area contributed by atoms with Gasteiger partial charge in [0.1, 0.15) is 29.7 Å². The number of ether oxygens (including phenoxy) is 1. The Kier molecular flexibility index (Phi) is 7.39. The van der Waals surface area contributed by atoms with Crippen LogP contribution in [0.5, 0.6) is 5.75 Å². The largest absolute Gasteiger partial charge is 0.478 e. The Bertz CT molecular complexity index is 1350. The standard InChI is InChI=1S/C29H34F3N5O5/c1-13(2)22(36-24(38)14-9-29(31,32)10-14)27(41)37-12-17-21(28(17,3)4)23(37)26(40)34-16(11-33)8-20-25(39)35-18-7-15(30)5-6-19(18)42-20/h5-7,13-14,16-17,20-23H,8-10,12H2,1-4H3,(H,34,40)(H,35,39)(H,36,38)/t16?,17-,20-,21-,22?,23-/m0/s1. The van der Waals surface area contributed by atoms with Crippen LogP contribution in [0.1, 0.15) is 47.0 Å². The second-order valence-electron chi connectivity index (χ2n) is 12.7. The van der Waals surface area contributed by atoms with E-state index < -0.39 is 78.4 Å². The fraction of sp³-hybridized carbons (Fsp3) is 0.621. The highest BCUT2D eigenvalue weighted by Crippen LogP contribution is 2.65. The van der Waals surface area contributed by atoms with Gasteiger partial charge in [0.15, 0.2) is 6.10 Å². The summed E-state index contributed by atoms with van der Waals surface area (Å²) >= 11 is 0. The molecule has 0 bridgehead atoms. The first-order chi connectivity index (χ1) is 19.6. The summed E-state index contributed by atoms with van der Waals surface area (Å²) in [5.41, 5.74) is -0.0749. The van der Waals surface area contributed by atoms with Crippen LogP contribution in [0.25, 0.3) is 0 Å². The lowest BCUT2D eigenvalue weighted by atomic mass is 9.80. The van der Waals surface area contributed by atoms with Crippen molar-refractivity contribution in [2.45, 2.75) is 77.1 Å². The van der Waals surface area contributed by atoms with Crippen molar-refractivity contribution in [2.24, 2.45) is 29.1 Å². The lowest BCUT2D eigenvalue weighted by Gasteiger charge is -2.37. The minimum Gasteiger partial charge on any atom is -0.478 e. The summed E-state index contributed by atoms with van der Waals surface area (Å²) in [6.07, 6.45) is -2.45. The van der Waals surface area contributed by atoms with E-state index >= 15 is 0 Å². The highest BCUT2D eigenvalue weighted by atomic mass is 19.3. The molecule has 42 heavy (non-hydrogen) atoms. The molecule has 2 unspecified atom stereocenters. The molecule has 10 nitrogen and oxygen atoms in total. The Hall–Kier alpha value is -3.82. The van der Waals surface area contributed by atoms with Gasteiger partial charge in [-0.15, -0.1) is 0 Å². The summed E-state index contributed by atoms with van der Waals surface area (Å²) in [7, 11) is 0. The van der Waals surface area contributed by atoms with Crippen molar-refractivity contribution in [3.05, 3.63) is 24.0 Å². The zero-order chi connectivity index (χ0) is 30.7. The molecule has 2 heterocycles. The molecule has 3 fully saturated rings. The molecule has 2 aliphatic heterocycles. The minimum absolute atomic E-state index is 0.0240. The van der Waals surface area contributed by atoms with Gasteiger partial charge in [0, 0.05) is 37.8 Å². The van der Waals surface area contributed by atoms with E-state index in [1.807, 2.05) is 19.9 Å². The van der Waals surface area contributed by atoms with Crippen molar-refractivity contribution in [1.29, 1.82) is 5.26 Å². The van der Waals surface area contributed by atoms with Gasteiger partial charge in [-0.1, -0.05) is 27.7 Å². The average molecular weight is 590 g/mol. The van der Waals surface area contributed by atoms with Crippen molar-refractivity contribution in [1.82, 2.24) is 15.5 Å². The van der Waals surface area contributed by atoms with E-state index in [9.17, 15) is 37.6 Å². The van der Waals surface area contributed by atoms with Crippen LogP contribution >= 0.6 is 0 Å². The highest BCUT2D eigenvalue weighted by Gasteiger charge is 2.69. The number of alkyl halides is 2. The Balaban J connectivity index is 1.27. The summed E-state index contributed by atoms with van der Waals surface area (Å²) in [5.74, 6) is -6.89. The molecule has 4 aliphatic rings. The minimum atomic E-state index is -2.88. The maximum atomic E-state index is 13.7. The number of hydrogen-bond acceptors (Lipinski definition) is 6. The molecule has 0 radical (unpaired) electrons. The number of carbonyl (C=O) groups is 4. The number of anilines is 1. The van der Waals surface area contributed by atoms with E-state index in [0.29, 0.717) is 0 Å². The first kappa shape index (κ1) is 29.7. The summed E-state index contributed by atoms with van der Waals surface area (Å²) < 4.78 is 45.8. The van der Waals surface area contributed by atoms with Gasteiger partial charge < -0.3 is 25.6 Å². The van der Waals surface area contributed by atoms with Crippen LogP contribution in [0, 0.1) is 46.2 Å². The summed E-state index contributed by atoms with van der Waals surface area (Å²) in [5, 5.41) is 17.6. The van der Waals surface area contributed by atoms with E-state index in [1.54, 1.807) is 13.8 Å². The third-order valence-corrected chi connectivity index (χ3v) is 9.13. The van der Waals surface area contributed by atoms with Crippen LogP contribution in [-0.2, 0) is 19.2 Å². The molecular formula is C29H34F3N5O5. The summed E-state index contributed by atoms with van der Waals surface area (Å²) in [6, 6.07) is 2.53. The first-order valence-corrected chi connectivity index (χ1v) is 14.1. The van der Waals surface area contributed by atoms with Crippen LogP contribution < -0.4 is 20.7 Å². The fourth-order valence-corrected chi connectivity index (χ4v) is 6.52. The van der Waals surface area contributed by atoms with Crippen molar-refractivity contribution in [3.8, 4) is 11.8 Å². The van der Waals surface area contributed by atoms with Gasteiger partial charge in [-0.25, -0.2) is 13.2 Å². The number of piperidine rings is 1. The zero-order valence-electron chi connectivity index (χ0n) is 23.7. The molecular weight excluding hydrogens is 555 g/mol. The van der Waals surface area contributed by atoms with Gasteiger partial charge in [-0.05, 0) is 35.3 Å². The second-order valence-corrected chi connectivity index (χ2v) is 12.7. The van der Waals surface area contributed by atoms with Gasteiger partial charge >= 0.3 is 0 Å². The van der Waals surface area contributed by atoms with Crippen molar-refractivity contribution in [2.75, 3.05) is 11.9 Å². The molecule has 1 saturated heterocycles. The van der Waals surface area contributed by atoms with Crippen LogP contribution in [0.15, 0.2) is 18.2 Å². The molecule has 226 valence electrons. The number of amides is 4. The molecule has 1 aromatic carbocycles. The number of fused-ring (bicyclic) bond motifs is 2. The number of halogens is 3. The molecule has 1 aromatic rings. The fourth-order valence-electron chi connectivity index (χ4n) is 6.52. The highest BCUT2D eigenvalue weighted by molar-refractivity contribution is 5.98. The Labute approximate surface area is 241 Å². The summed E-state index contributed by atoms with van der Waals surface area (Å²) in [6.45, 7) is 7.70. The third kappa shape index (κ3) is 5.39. The Morgan fingerprint density at radius 2 is 1.88 bits per heavy atom. The first-order valence-electron chi connectivity index (χ1n) is 14.1. The van der Waals surface area contributed by atoms with Gasteiger partial charge in [0.25, 0.3) is 5.91 Å². The van der Waals surface area contributed by atoms with Crippen LogP contribution in [0.2, 0.25) is 0 Å². The molecule has 3 N–H and O–H groups in total. The number of hydrogen-bond donors (Lipinski definition) is 3. The number of nitriles is 1. The zero-order valence-corrected chi connectivity index (χ0v) is 23.7. The van der Waals surface area contributed by atoms with Gasteiger partial charge in [0.2, 0.25) is 23.6 Å². The normalized spacial score (nSPS) is 28.2. The van der Waals surface area contributed by atoms with Crippen molar-refractivity contribution >= 4 is 29.3 Å². The number of benzene rings is 1. The Morgan fingerprint density at radius 3 is 2.50 bits per heavy atom. The number of nitrogens with zero attached hydrogens (tertiary/aromatic N) is 2. The maximum absolute atomic E-state index is 13.7. The number of likely N-dealkylation sites (tertiary alicyclic amines) is 1. The number of carbonyl (C=O) groups excluding carboxylic acids is 4. The quantitative estimate of drug-likeness (QED) is 0.426. The molecule has 2 aliphatic carbocycles. The number of nitrogens with one attached hydrogen (secondary N) is 3.